The average Bonchev–Trinajstić information content (AvgIpc) is 3.05. The third-order valence-corrected chi connectivity index (χ3v) is 11.7. The molecule has 7 nitrogen and oxygen atoms in total. The van der Waals surface area contributed by atoms with Crippen molar-refractivity contribution >= 4 is 8.32 Å². The number of aryl methyl sites for hydroxylation is 1. The SMILES string of the molecule is Cc1cn([C@@H]2O[C@H]3[C@](O)(C[C@@H]4C[C@@]43O[Si](C)(C)C(C)(C)C)[C@H]2F)c(=O)[nH]c1=O. The predicted molar refractivity (Wildman–Crippen MR) is 104 cm³/mol. The number of aromatic nitrogens is 2. The summed E-state index contributed by atoms with van der Waals surface area (Å²) in [6, 6.07) is 0. The van der Waals surface area contributed by atoms with E-state index in [2.05, 4.69) is 38.8 Å². The van der Waals surface area contributed by atoms with Crippen LogP contribution in [0, 0.1) is 12.8 Å². The molecule has 3 fully saturated rings. The van der Waals surface area contributed by atoms with Gasteiger partial charge in [0.1, 0.15) is 11.7 Å². The van der Waals surface area contributed by atoms with E-state index in [0.29, 0.717) is 0 Å². The van der Waals surface area contributed by atoms with Gasteiger partial charge >= 0.3 is 5.69 Å². The zero-order chi connectivity index (χ0) is 20.9. The van der Waals surface area contributed by atoms with Crippen molar-refractivity contribution in [3.05, 3.63) is 32.6 Å². The van der Waals surface area contributed by atoms with Crippen molar-refractivity contribution in [2.75, 3.05) is 0 Å². The van der Waals surface area contributed by atoms with Gasteiger partial charge in [-0.3, -0.25) is 14.3 Å². The zero-order valence-corrected chi connectivity index (χ0v) is 18.2. The second kappa shape index (κ2) is 5.65. The lowest BCUT2D eigenvalue weighted by molar-refractivity contribution is -0.104. The fraction of sp³-hybridized carbons (Fsp3) is 0.789. The molecular formula is C19H29FN2O5Si. The van der Waals surface area contributed by atoms with Crippen molar-refractivity contribution in [2.24, 2.45) is 5.92 Å². The highest BCUT2D eigenvalue weighted by Crippen LogP contribution is 2.69. The number of hydrogen-bond acceptors (Lipinski definition) is 5. The first kappa shape index (κ1) is 20.0. The number of H-pyrrole nitrogens is 1. The fourth-order valence-corrected chi connectivity index (χ4v) is 6.16. The molecule has 156 valence electrons. The van der Waals surface area contributed by atoms with Gasteiger partial charge in [0.05, 0.1) is 5.60 Å². The van der Waals surface area contributed by atoms with E-state index in [-0.39, 0.29) is 22.9 Å². The minimum absolute atomic E-state index is 0.0321. The molecule has 1 aromatic heterocycles. The van der Waals surface area contributed by atoms with Crippen LogP contribution in [-0.2, 0) is 9.16 Å². The molecule has 1 aliphatic heterocycles. The van der Waals surface area contributed by atoms with Crippen LogP contribution >= 0.6 is 0 Å². The number of nitrogens with one attached hydrogen (secondary N) is 1. The lowest BCUT2D eigenvalue weighted by Gasteiger charge is -2.41. The summed E-state index contributed by atoms with van der Waals surface area (Å²) in [5.41, 5.74) is -3.39. The highest BCUT2D eigenvalue weighted by molar-refractivity contribution is 6.74. The number of nitrogens with zero attached hydrogens (tertiary/aromatic N) is 1. The Bertz CT molecular complexity index is 937. The molecule has 3 aliphatic rings. The van der Waals surface area contributed by atoms with Gasteiger partial charge in [0.2, 0.25) is 0 Å². The van der Waals surface area contributed by atoms with Gasteiger partial charge in [-0.2, -0.15) is 0 Å². The Hall–Kier alpha value is -1.29. The highest BCUT2D eigenvalue weighted by atomic mass is 28.4. The van der Waals surface area contributed by atoms with Gasteiger partial charge < -0.3 is 14.3 Å². The Kier molecular flexibility index (Phi) is 4.03. The highest BCUT2D eigenvalue weighted by Gasteiger charge is 2.80. The summed E-state index contributed by atoms with van der Waals surface area (Å²) in [7, 11) is -2.17. The van der Waals surface area contributed by atoms with E-state index in [1.54, 1.807) is 0 Å². The Morgan fingerprint density at radius 2 is 2.00 bits per heavy atom. The molecule has 2 heterocycles. The first-order valence-corrected chi connectivity index (χ1v) is 12.7. The molecule has 1 saturated heterocycles. The van der Waals surface area contributed by atoms with Crippen LogP contribution in [0.1, 0.15) is 45.4 Å². The van der Waals surface area contributed by atoms with Gasteiger partial charge in [0.25, 0.3) is 5.56 Å². The van der Waals surface area contributed by atoms with Gasteiger partial charge in [-0.25, -0.2) is 9.18 Å². The van der Waals surface area contributed by atoms with Crippen LogP contribution in [0.5, 0.6) is 0 Å². The molecule has 6 atom stereocenters. The summed E-state index contributed by atoms with van der Waals surface area (Å²) in [6.45, 7) is 12.2. The Morgan fingerprint density at radius 1 is 1.36 bits per heavy atom. The average molecular weight is 413 g/mol. The smallest absolute Gasteiger partial charge is 0.330 e. The van der Waals surface area contributed by atoms with Crippen LogP contribution in [0.15, 0.2) is 15.8 Å². The molecule has 0 aromatic carbocycles. The molecule has 0 spiro atoms. The summed E-state index contributed by atoms with van der Waals surface area (Å²) >= 11 is 0. The second-order valence-electron chi connectivity index (χ2n) is 10.2. The first-order chi connectivity index (χ1) is 12.7. The summed E-state index contributed by atoms with van der Waals surface area (Å²) in [6.07, 6.45) is -1.65. The number of alkyl halides is 1. The van der Waals surface area contributed by atoms with E-state index in [9.17, 15) is 14.7 Å². The van der Waals surface area contributed by atoms with Crippen LogP contribution in [0.3, 0.4) is 0 Å². The summed E-state index contributed by atoms with van der Waals surface area (Å²) < 4.78 is 29.1. The quantitative estimate of drug-likeness (QED) is 0.741. The van der Waals surface area contributed by atoms with E-state index >= 15 is 4.39 Å². The molecule has 0 amide bonds. The van der Waals surface area contributed by atoms with Crippen molar-refractivity contribution in [1.29, 1.82) is 0 Å². The molecule has 2 saturated carbocycles. The summed E-state index contributed by atoms with van der Waals surface area (Å²) in [4.78, 5) is 26.0. The van der Waals surface area contributed by atoms with Crippen molar-refractivity contribution in [3.63, 3.8) is 0 Å². The molecular weight excluding hydrogens is 383 g/mol. The molecule has 1 aromatic rings. The monoisotopic (exact) mass is 412 g/mol. The number of fused-ring (bicyclic) bond motifs is 3. The molecule has 2 aliphatic carbocycles. The molecule has 4 rings (SSSR count). The predicted octanol–water partition coefficient (Wildman–Crippen LogP) is 2.00. The summed E-state index contributed by atoms with van der Waals surface area (Å²) in [5.74, 6) is 0.0601. The molecule has 0 unspecified atom stereocenters. The minimum Gasteiger partial charge on any atom is -0.408 e. The maximum Gasteiger partial charge on any atom is 0.330 e. The van der Waals surface area contributed by atoms with Crippen LogP contribution in [-0.4, -0.2) is 46.5 Å². The number of ether oxygens (including phenoxy) is 1. The Labute approximate surface area is 164 Å². The van der Waals surface area contributed by atoms with Gasteiger partial charge in [0, 0.05) is 11.8 Å². The van der Waals surface area contributed by atoms with Gasteiger partial charge in [-0.1, -0.05) is 20.8 Å². The normalized spacial score (nSPS) is 39.7. The number of halogens is 1. The Morgan fingerprint density at radius 3 is 2.61 bits per heavy atom. The molecule has 28 heavy (non-hydrogen) atoms. The second-order valence-corrected chi connectivity index (χ2v) is 14.9. The molecule has 2 N–H and O–H groups in total. The molecule has 0 radical (unpaired) electrons. The van der Waals surface area contributed by atoms with Crippen molar-refractivity contribution < 1.29 is 18.7 Å². The number of aliphatic hydroxyl groups is 1. The lowest BCUT2D eigenvalue weighted by atomic mass is 9.91. The molecule has 0 bridgehead atoms. The largest absolute Gasteiger partial charge is 0.408 e. The number of hydrogen-bond donors (Lipinski definition) is 2. The van der Waals surface area contributed by atoms with Crippen LogP contribution in [0.4, 0.5) is 4.39 Å². The fourth-order valence-electron chi connectivity index (χ4n) is 4.55. The van der Waals surface area contributed by atoms with E-state index in [1.165, 1.54) is 13.1 Å². The first-order valence-electron chi connectivity index (χ1n) is 9.77. The van der Waals surface area contributed by atoms with E-state index < -0.39 is 49.3 Å². The van der Waals surface area contributed by atoms with Gasteiger partial charge in [0.15, 0.2) is 20.7 Å². The third-order valence-electron chi connectivity index (χ3n) is 7.24. The number of aromatic amines is 1. The van der Waals surface area contributed by atoms with E-state index in [4.69, 9.17) is 9.16 Å². The van der Waals surface area contributed by atoms with Crippen LogP contribution in [0.2, 0.25) is 18.1 Å². The minimum atomic E-state index is -2.17. The van der Waals surface area contributed by atoms with Gasteiger partial charge in [-0.05, 0) is 43.8 Å². The van der Waals surface area contributed by atoms with Gasteiger partial charge in [-0.15, -0.1) is 0 Å². The van der Waals surface area contributed by atoms with Crippen molar-refractivity contribution in [1.82, 2.24) is 9.55 Å². The van der Waals surface area contributed by atoms with Crippen molar-refractivity contribution in [3.8, 4) is 0 Å². The standard InChI is InChI=1S/C19H29FN2O5Si/c1-10-9-22(16(24)21-13(10)23)14-12(20)18(25)7-11-8-19(11,15(18)26-14)27-28(5,6)17(2,3)4/h9,11-12,14-15,25H,7-8H2,1-6H3,(H,21,23,24)/t11-,12+,14-,15+,18+,19-/m1/s1. The maximum absolute atomic E-state index is 15.4. The maximum atomic E-state index is 15.4. The van der Waals surface area contributed by atoms with Crippen LogP contribution < -0.4 is 11.2 Å². The molecule has 9 heteroatoms. The Balaban J connectivity index is 1.69. The van der Waals surface area contributed by atoms with E-state index in [1.807, 2.05) is 0 Å². The topological polar surface area (TPSA) is 93.6 Å². The summed E-state index contributed by atoms with van der Waals surface area (Å²) in [5, 5.41) is 11.1. The van der Waals surface area contributed by atoms with Crippen LogP contribution in [0.25, 0.3) is 0 Å². The zero-order valence-electron chi connectivity index (χ0n) is 17.2. The lowest BCUT2D eigenvalue weighted by Crippen LogP contribution is -2.53. The number of rotatable bonds is 3. The van der Waals surface area contributed by atoms with Crippen molar-refractivity contribution in [2.45, 2.75) is 88.4 Å². The third kappa shape index (κ3) is 2.56. The van der Waals surface area contributed by atoms with E-state index in [0.717, 1.165) is 11.0 Å².